The number of hydrogen-bond acceptors (Lipinski definition) is 1. The summed E-state index contributed by atoms with van der Waals surface area (Å²) in [7, 11) is 0. The highest BCUT2D eigenvalue weighted by Crippen LogP contribution is 2.32. The fourth-order valence-electron chi connectivity index (χ4n) is 2.68. The van der Waals surface area contributed by atoms with Crippen LogP contribution in [0, 0.1) is 5.92 Å². The lowest BCUT2D eigenvalue weighted by Crippen LogP contribution is -2.41. The Labute approximate surface area is 103 Å². The van der Waals surface area contributed by atoms with E-state index in [0.717, 1.165) is 12.5 Å². The number of amides is 1. The van der Waals surface area contributed by atoms with Crippen molar-refractivity contribution >= 4 is 17.5 Å². The highest BCUT2D eigenvalue weighted by molar-refractivity contribution is 6.30. The van der Waals surface area contributed by atoms with Gasteiger partial charge in [0.15, 0.2) is 0 Å². The van der Waals surface area contributed by atoms with Crippen molar-refractivity contribution < 1.29 is 4.79 Å². The van der Waals surface area contributed by atoms with Crippen molar-refractivity contribution in [3.8, 4) is 0 Å². The van der Waals surface area contributed by atoms with E-state index in [1.165, 1.54) is 44.9 Å². The predicted octanol–water partition coefficient (Wildman–Crippen LogP) is 3.19. The van der Waals surface area contributed by atoms with Crippen LogP contribution in [0.15, 0.2) is 0 Å². The Hall–Kier alpha value is -0.240. The van der Waals surface area contributed by atoms with E-state index in [4.69, 9.17) is 11.6 Å². The van der Waals surface area contributed by atoms with Gasteiger partial charge in [-0.25, -0.2) is 0 Å². The van der Waals surface area contributed by atoms with E-state index in [1.807, 2.05) is 0 Å². The van der Waals surface area contributed by atoms with Crippen LogP contribution in [-0.2, 0) is 4.79 Å². The van der Waals surface area contributed by atoms with Gasteiger partial charge in [-0.1, -0.05) is 19.3 Å². The summed E-state index contributed by atoms with van der Waals surface area (Å²) in [5.41, 5.74) is 0. The molecule has 0 radical (unpaired) electrons. The Balaban J connectivity index is 1.89. The van der Waals surface area contributed by atoms with E-state index < -0.39 is 0 Å². The Bertz CT molecular complexity index is 244. The summed E-state index contributed by atoms with van der Waals surface area (Å²) in [6.45, 7) is 2.75. The number of alkyl halides is 1. The lowest BCUT2D eigenvalue weighted by atomic mass is 9.89. The molecule has 2 fully saturated rings. The Morgan fingerprint density at radius 1 is 1.25 bits per heavy atom. The van der Waals surface area contributed by atoms with Crippen LogP contribution in [0.3, 0.4) is 0 Å². The molecule has 2 nitrogen and oxygen atoms in total. The smallest absolute Gasteiger partial charge is 0.240 e. The Morgan fingerprint density at radius 3 is 2.38 bits per heavy atom. The molecule has 2 aliphatic rings. The lowest BCUT2D eigenvalue weighted by molar-refractivity contribution is -0.131. The summed E-state index contributed by atoms with van der Waals surface area (Å²) in [5.74, 6) is 0.878. The van der Waals surface area contributed by atoms with Gasteiger partial charge in [-0.05, 0) is 38.5 Å². The first kappa shape index (κ1) is 12.2. The zero-order chi connectivity index (χ0) is 11.5. The molecule has 1 atom stereocenters. The minimum absolute atomic E-state index is 0.148. The highest BCUT2D eigenvalue weighted by atomic mass is 35.5. The average Bonchev–Trinajstić information content (AvgIpc) is 3.10. The second-order valence-electron chi connectivity index (χ2n) is 5.34. The van der Waals surface area contributed by atoms with Crippen molar-refractivity contribution in [3.05, 3.63) is 0 Å². The largest absolute Gasteiger partial charge is 0.338 e. The van der Waals surface area contributed by atoms with E-state index in [1.54, 1.807) is 6.92 Å². The molecule has 0 aromatic carbocycles. The molecule has 0 N–H and O–H groups in total. The number of carbonyl (C=O) groups excluding carboxylic acids is 1. The van der Waals surface area contributed by atoms with Gasteiger partial charge in [0, 0.05) is 12.6 Å². The number of nitrogens with zero attached hydrogens (tertiary/aromatic N) is 1. The van der Waals surface area contributed by atoms with Crippen LogP contribution in [0.1, 0.15) is 51.9 Å². The van der Waals surface area contributed by atoms with Crippen LogP contribution >= 0.6 is 11.6 Å². The first-order valence-electron chi connectivity index (χ1n) is 6.63. The molecule has 2 aliphatic carbocycles. The Morgan fingerprint density at radius 2 is 1.88 bits per heavy atom. The molecule has 1 unspecified atom stereocenters. The van der Waals surface area contributed by atoms with Gasteiger partial charge in [-0.3, -0.25) is 4.79 Å². The molecule has 2 rings (SSSR count). The van der Waals surface area contributed by atoms with Crippen LogP contribution in [0.4, 0.5) is 0 Å². The van der Waals surface area contributed by atoms with Gasteiger partial charge in [0.2, 0.25) is 5.91 Å². The predicted molar refractivity (Wildman–Crippen MR) is 66.6 cm³/mol. The minimum Gasteiger partial charge on any atom is -0.338 e. The topological polar surface area (TPSA) is 20.3 Å². The molecule has 0 saturated heterocycles. The minimum atomic E-state index is -0.357. The molecule has 1 amide bonds. The van der Waals surface area contributed by atoms with Gasteiger partial charge in [0.25, 0.3) is 0 Å². The summed E-state index contributed by atoms with van der Waals surface area (Å²) in [6.07, 6.45) is 9.02. The van der Waals surface area contributed by atoms with Crippen molar-refractivity contribution in [2.45, 2.75) is 63.3 Å². The van der Waals surface area contributed by atoms with Crippen LogP contribution in [-0.4, -0.2) is 28.8 Å². The van der Waals surface area contributed by atoms with Gasteiger partial charge >= 0.3 is 0 Å². The molecule has 0 aliphatic heterocycles. The van der Waals surface area contributed by atoms with Crippen LogP contribution < -0.4 is 0 Å². The third kappa shape index (κ3) is 3.13. The first-order chi connectivity index (χ1) is 7.68. The highest BCUT2D eigenvalue weighted by Gasteiger charge is 2.35. The zero-order valence-corrected chi connectivity index (χ0v) is 10.9. The molecule has 16 heavy (non-hydrogen) atoms. The third-order valence-corrected chi connectivity index (χ3v) is 3.98. The lowest BCUT2D eigenvalue weighted by Gasteiger charge is -2.30. The monoisotopic (exact) mass is 243 g/mol. The van der Waals surface area contributed by atoms with Crippen molar-refractivity contribution in [1.29, 1.82) is 0 Å². The van der Waals surface area contributed by atoms with Crippen molar-refractivity contribution in [3.63, 3.8) is 0 Å². The summed E-state index contributed by atoms with van der Waals surface area (Å²) in [4.78, 5) is 14.1. The summed E-state index contributed by atoms with van der Waals surface area (Å²) in [5, 5.41) is -0.357. The molecular weight excluding hydrogens is 222 g/mol. The first-order valence-corrected chi connectivity index (χ1v) is 7.06. The van der Waals surface area contributed by atoms with E-state index >= 15 is 0 Å². The molecule has 0 bridgehead atoms. The average molecular weight is 244 g/mol. The normalized spacial score (nSPS) is 24.1. The van der Waals surface area contributed by atoms with Crippen LogP contribution in [0.25, 0.3) is 0 Å². The van der Waals surface area contributed by atoms with Crippen LogP contribution in [0.2, 0.25) is 0 Å². The van der Waals surface area contributed by atoms with Gasteiger partial charge < -0.3 is 4.90 Å². The molecule has 92 valence electrons. The maximum Gasteiger partial charge on any atom is 0.240 e. The third-order valence-electron chi connectivity index (χ3n) is 3.79. The molecule has 2 saturated carbocycles. The molecule has 0 aromatic rings. The van der Waals surface area contributed by atoms with Crippen molar-refractivity contribution in [2.24, 2.45) is 5.92 Å². The zero-order valence-electron chi connectivity index (χ0n) is 10.1. The maximum absolute atomic E-state index is 12.0. The quantitative estimate of drug-likeness (QED) is 0.695. The summed E-state index contributed by atoms with van der Waals surface area (Å²) < 4.78 is 0. The molecular formula is C13H22ClNO. The van der Waals surface area contributed by atoms with Crippen LogP contribution in [0.5, 0.6) is 0 Å². The fraction of sp³-hybridized carbons (Fsp3) is 0.923. The number of hydrogen-bond donors (Lipinski definition) is 0. The number of carbonyl (C=O) groups is 1. The molecule has 3 heteroatoms. The van der Waals surface area contributed by atoms with Gasteiger partial charge in [0.1, 0.15) is 5.38 Å². The molecule has 0 spiro atoms. The standard InChI is InChI=1S/C13H22ClNO/c1-10(14)13(16)15(12-7-8-12)9-11-5-3-2-4-6-11/h10-12H,2-9H2,1H3. The van der Waals surface area contributed by atoms with Crippen molar-refractivity contribution in [1.82, 2.24) is 4.90 Å². The van der Waals surface area contributed by atoms with Gasteiger partial charge in [0.05, 0.1) is 0 Å². The number of rotatable bonds is 4. The van der Waals surface area contributed by atoms with E-state index in [2.05, 4.69) is 4.90 Å². The second kappa shape index (κ2) is 5.39. The van der Waals surface area contributed by atoms with E-state index in [0.29, 0.717) is 6.04 Å². The number of halogens is 1. The SMILES string of the molecule is CC(Cl)C(=O)N(CC1CCCCC1)C1CC1. The maximum atomic E-state index is 12.0. The fourth-order valence-corrected chi connectivity index (χ4v) is 2.81. The second-order valence-corrected chi connectivity index (χ2v) is 6.00. The van der Waals surface area contributed by atoms with E-state index in [9.17, 15) is 4.79 Å². The molecule has 0 heterocycles. The van der Waals surface area contributed by atoms with Crippen molar-refractivity contribution in [2.75, 3.05) is 6.54 Å². The van der Waals surface area contributed by atoms with E-state index in [-0.39, 0.29) is 11.3 Å². The molecule has 0 aromatic heterocycles. The van der Waals surface area contributed by atoms with Gasteiger partial charge in [-0.15, -0.1) is 11.6 Å². The summed E-state index contributed by atoms with van der Waals surface area (Å²) in [6, 6.07) is 0.510. The van der Waals surface area contributed by atoms with Gasteiger partial charge in [-0.2, -0.15) is 0 Å². The Kier molecular flexibility index (Phi) is 4.12. The summed E-state index contributed by atoms with van der Waals surface area (Å²) >= 11 is 5.92.